The van der Waals surface area contributed by atoms with Crippen molar-refractivity contribution < 1.29 is 26.1 Å². The van der Waals surface area contributed by atoms with E-state index in [1.165, 1.54) is 15.4 Å². The van der Waals surface area contributed by atoms with Crippen LogP contribution in [0.2, 0.25) is 5.02 Å². The molecule has 0 N–H and O–H groups in total. The predicted octanol–water partition coefficient (Wildman–Crippen LogP) is 4.82. The van der Waals surface area contributed by atoms with Crippen molar-refractivity contribution in [1.29, 1.82) is 0 Å². The van der Waals surface area contributed by atoms with E-state index >= 15 is 0 Å². The fraction of sp³-hybridized carbons (Fsp3) is 0.154. The molecule has 0 unspecified atom stereocenters. The standard InChI is InChI=1S/C12H7ClN3S3.CHF3O3S/c1-16-11-9(5-10-12(16)15-19-18-10)17-8-4-6(13)2-3-7(8)14-11;2-1(3,4)8(5,6)7/h2-5H,1H3;(H,5,6,7)/q+1;/p-1. The average Bonchev–Trinajstić information content (AvgIpc) is 3.01. The van der Waals surface area contributed by atoms with E-state index in [4.69, 9.17) is 29.6 Å². The number of alkyl halides is 3. The number of fused-ring (bicyclic) bond motifs is 3. The van der Waals surface area contributed by atoms with Crippen LogP contribution >= 0.6 is 44.2 Å². The summed E-state index contributed by atoms with van der Waals surface area (Å²) in [7, 11) is -0.879. The van der Waals surface area contributed by atoms with Gasteiger partial charge in [0.2, 0.25) is 5.82 Å². The van der Waals surface area contributed by atoms with Crippen molar-refractivity contribution in [1.82, 2.24) is 4.37 Å². The van der Waals surface area contributed by atoms with Crippen molar-refractivity contribution in [3.8, 4) is 0 Å². The zero-order valence-electron chi connectivity index (χ0n) is 13.0. The van der Waals surface area contributed by atoms with E-state index in [0.29, 0.717) is 0 Å². The largest absolute Gasteiger partial charge is 0.741 e. The molecular formula is C13H7ClF3N3O3S4. The molecule has 0 bridgehead atoms. The molecule has 0 fully saturated rings. The molecule has 0 spiro atoms. The van der Waals surface area contributed by atoms with E-state index < -0.39 is 15.6 Å². The fourth-order valence-electron chi connectivity index (χ4n) is 2.04. The van der Waals surface area contributed by atoms with Gasteiger partial charge in [0.1, 0.15) is 5.84 Å². The first-order valence-corrected chi connectivity index (χ1v) is 11.5. The number of benzene rings is 1. The Balaban J connectivity index is 0.000000226. The Bertz CT molecular complexity index is 1070. The van der Waals surface area contributed by atoms with Gasteiger partial charge in [-0.3, -0.25) is 0 Å². The topological polar surface area (TPSA) is 85.7 Å². The molecule has 3 heterocycles. The van der Waals surface area contributed by atoms with Crippen LogP contribution in [-0.4, -0.2) is 35.7 Å². The number of rotatable bonds is 0. The summed E-state index contributed by atoms with van der Waals surface area (Å²) in [4.78, 5) is 10.2. The lowest BCUT2D eigenvalue weighted by Gasteiger charge is -2.26. The number of nitrogens with zero attached hydrogens (tertiary/aromatic N) is 3. The van der Waals surface area contributed by atoms with Crippen molar-refractivity contribution in [2.45, 2.75) is 10.4 Å². The Kier molecular flexibility index (Phi) is 5.53. The van der Waals surface area contributed by atoms with Crippen molar-refractivity contribution in [3.05, 3.63) is 33.0 Å². The number of aliphatic imine (C=N–C) groups is 1. The maximum absolute atomic E-state index is 10.7. The van der Waals surface area contributed by atoms with Crippen molar-refractivity contribution >= 4 is 77.8 Å². The lowest BCUT2D eigenvalue weighted by molar-refractivity contribution is -0.0517. The Morgan fingerprint density at radius 3 is 2.63 bits per heavy atom. The molecule has 1 aromatic carbocycles. The number of halogens is 4. The van der Waals surface area contributed by atoms with Crippen LogP contribution in [0.4, 0.5) is 24.7 Å². The van der Waals surface area contributed by atoms with Gasteiger partial charge in [0.25, 0.3) is 15.4 Å². The third-order valence-corrected chi connectivity index (χ3v) is 6.90. The van der Waals surface area contributed by atoms with Crippen molar-refractivity contribution in [2.75, 3.05) is 11.9 Å². The summed E-state index contributed by atoms with van der Waals surface area (Å²) in [6, 6.07) is 5.80. The normalized spacial score (nSPS) is 15.6. The first-order valence-electron chi connectivity index (χ1n) is 6.80. The van der Waals surface area contributed by atoms with Gasteiger partial charge in [-0.05, 0) is 18.2 Å². The molecule has 1 aromatic heterocycles. The summed E-state index contributed by atoms with van der Waals surface area (Å²) in [5.74, 6) is 1.96. The zero-order valence-corrected chi connectivity index (χ0v) is 17.0. The van der Waals surface area contributed by atoms with Crippen LogP contribution in [0.25, 0.3) is 6.08 Å². The number of thioether (sulfide) groups is 1. The van der Waals surface area contributed by atoms with Gasteiger partial charge in [-0.15, -0.1) is 4.37 Å². The lowest BCUT2D eigenvalue weighted by atomic mass is 10.2. The number of anilines is 1. The SMILES string of the molecule is CN1C2=Nc3ccc(Cl)cc3SC2=Cc2[s+]snc21.O=S(=O)([O-])C(F)(F)F. The number of hydrogen-bond acceptors (Lipinski definition) is 8. The molecular weight excluding hydrogens is 467 g/mol. The second-order valence-electron chi connectivity index (χ2n) is 5.05. The molecule has 0 saturated carbocycles. The van der Waals surface area contributed by atoms with Crippen LogP contribution in [0.1, 0.15) is 4.88 Å². The van der Waals surface area contributed by atoms with Gasteiger partial charge in [0, 0.05) is 23.0 Å². The van der Waals surface area contributed by atoms with Crippen LogP contribution in [0, 0.1) is 0 Å². The van der Waals surface area contributed by atoms with Gasteiger partial charge in [0.05, 0.1) is 10.6 Å². The second-order valence-corrected chi connectivity index (χ2v) is 9.83. The Labute approximate surface area is 168 Å². The summed E-state index contributed by atoms with van der Waals surface area (Å²) in [6.45, 7) is 0. The minimum Gasteiger partial charge on any atom is -0.741 e. The Morgan fingerprint density at radius 2 is 2.00 bits per heavy atom. The minimum absolute atomic E-state index is 0.746. The molecule has 2 aliphatic rings. The number of amidine groups is 1. The molecule has 144 valence electrons. The first kappa shape index (κ1) is 20.5. The molecule has 0 atom stereocenters. The minimum atomic E-state index is -6.09. The quantitative estimate of drug-likeness (QED) is 0.236. The van der Waals surface area contributed by atoms with Crippen LogP contribution < -0.4 is 4.90 Å². The van der Waals surface area contributed by atoms with E-state index in [-0.39, 0.29) is 0 Å². The third-order valence-electron chi connectivity index (χ3n) is 3.24. The maximum Gasteiger partial charge on any atom is 0.485 e. The molecule has 2 aliphatic heterocycles. The van der Waals surface area contributed by atoms with E-state index in [9.17, 15) is 13.2 Å². The van der Waals surface area contributed by atoms with Gasteiger partial charge >= 0.3 is 15.8 Å². The summed E-state index contributed by atoms with van der Waals surface area (Å²) in [5, 5.41) is 0.746. The number of likely N-dealkylation sites (N-methyl/N-ethyl adjacent to an activating group) is 1. The van der Waals surface area contributed by atoms with E-state index in [0.717, 1.165) is 32.2 Å². The number of aromatic nitrogens is 1. The molecule has 0 saturated heterocycles. The van der Waals surface area contributed by atoms with Crippen LogP contribution in [0.5, 0.6) is 0 Å². The van der Waals surface area contributed by atoms with Gasteiger partial charge in [0.15, 0.2) is 10.1 Å². The number of hydrogen-bond donors (Lipinski definition) is 0. The second kappa shape index (κ2) is 7.29. The smallest absolute Gasteiger partial charge is 0.485 e. The van der Waals surface area contributed by atoms with Crippen LogP contribution in [0.3, 0.4) is 0 Å². The summed E-state index contributed by atoms with van der Waals surface area (Å²) >= 11 is 7.76. The highest BCUT2D eigenvalue weighted by atomic mass is 35.5. The highest BCUT2D eigenvalue weighted by Gasteiger charge is 2.37. The van der Waals surface area contributed by atoms with E-state index in [2.05, 4.69) is 15.3 Å². The molecule has 0 aliphatic carbocycles. The van der Waals surface area contributed by atoms with E-state index in [1.807, 2.05) is 25.2 Å². The highest BCUT2D eigenvalue weighted by Crippen LogP contribution is 2.46. The van der Waals surface area contributed by atoms with Crippen LogP contribution in [0.15, 0.2) is 33.0 Å². The molecule has 4 rings (SSSR count). The highest BCUT2D eigenvalue weighted by molar-refractivity contribution is 8.04. The third kappa shape index (κ3) is 4.27. The average molecular weight is 474 g/mol. The zero-order chi connectivity index (χ0) is 20.0. The summed E-state index contributed by atoms with van der Waals surface area (Å²) in [5.41, 5.74) is -4.68. The molecule has 0 radical (unpaired) electrons. The molecule has 6 nitrogen and oxygen atoms in total. The van der Waals surface area contributed by atoms with Crippen molar-refractivity contribution in [3.63, 3.8) is 0 Å². The summed E-state index contributed by atoms with van der Waals surface area (Å²) in [6.07, 6.45) is 2.16. The maximum atomic E-state index is 10.7. The Morgan fingerprint density at radius 1 is 1.33 bits per heavy atom. The van der Waals surface area contributed by atoms with Gasteiger partial charge in [-0.2, -0.15) is 13.2 Å². The van der Waals surface area contributed by atoms with Crippen LogP contribution in [-0.2, 0) is 10.1 Å². The Hall–Kier alpha value is -1.25. The van der Waals surface area contributed by atoms with Gasteiger partial charge in [-0.25, -0.2) is 13.4 Å². The monoisotopic (exact) mass is 473 g/mol. The van der Waals surface area contributed by atoms with E-state index in [1.54, 1.807) is 22.1 Å². The first-order chi connectivity index (χ1) is 12.5. The van der Waals surface area contributed by atoms with Gasteiger partial charge < -0.3 is 9.45 Å². The lowest BCUT2D eigenvalue weighted by Crippen LogP contribution is -2.30. The fourth-order valence-corrected chi connectivity index (χ4v) is 5.27. The molecule has 27 heavy (non-hydrogen) atoms. The molecule has 0 amide bonds. The predicted molar refractivity (Wildman–Crippen MR) is 101 cm³/mol. The molecule has 2 aromatic rings. The van der Waals surface area contributed by atoms with Crippen molar-refractivity contribution in [2.24, 2.45) is 4.99 Å². The molecule has 14 heteroatoms. The summed E-state index contributed by atoms with van der Waals surface area (Å²) < 4.78 is 63.3. The van der Waals surface area contributed by atoms with Gasteiger partial charge in [-0.1, -0.05) is 23.4 Å².